The Morgan fingerprint density at radius 1 is 1.00 bits per heavy atom. The van der Waals surface area contributed by atoms with Crippen molar-refractivity contribution < 1.29 is 0 Å². The van der Waals surface area contributed by atoms with E-state index in [0.29, 0.717) is 8.84 Å². The van der Waals surface area contributed by atoms with Crippen LogP contribution in [-0.2, 0) is 8.84 Å². The summed E-state index contributed by atoms with van der Waals surface area (Å²) in [6.45, 7) is 2.45. The summed E-state index contributed by atoms with van der Waals surface area (Å²) in [4.78, 5) is 0. The highest BCUT2D eigenvalue weighted by atomic mass is 127. The third kappa shape index (κ3) is 1.05. The van der Waals surface area contributed by atoms with Crippen molar-refractivity contribution in [1.29, 1.82) is 0 Å². The summed E-state index contributed by atoms with van der Waals surface area (Å²) in [6.07, 6.45) is 5.52. The molecule has 2 bridgehead atoms. The summed E-state index contributed by atoms with van der Waals surface area (Å²) in [5.74, 6) is 0. The Balaban J connectivity index is 2.28. The summed E-state index contributed by atoms with van der Waals surface area (Å²) in [5.41, 5.74) is 3.75. The quantitative estimate of drug-likeness (QED) is 0.498. The highest BCUT2D eigenvalue weighted by Gasteiger charge is 2.48. The number of hydrogen-bond acceptors (Lipinski definition) is 0. The van der Waals surface area contributed by atoms with Crippen molar-refractivity contribution in [3.63, 3.8) is 0 Å². The molecule has 0 nitrogen and oxygen atoms in total. The molecule has 1 fully saturated rings. The SMILES string of the molecule is CC12CCC(I)(CC1)c1ccccc12. The molecule has 0 heterocycles. The Bertz CT molecular complexity index is 336. The molecule has 0 radical (unpaired) electrons. The topological polar surface area (TPSA) is 0 Å². The first-order valence-corrected chi connectivity index (χ1v) is 6.51. The molecular weight excluding hydrogens is 283 g/mol. The summed E-state index contributed by atoms with van der Waals surface area (Å²) < 4.78 is 0.464. The minimum Gasteiger partial charge on any atom is -0.0736 e. The molecule has 0 amide bonds. The predicted octanol–water partition coefficient (Wildman–Crippen LogP) is 4.16. The van der Waals surface area contributed by atoms with Gasteiger partial charge in [0.1, 0.15) is 0 Å². The van der Waals surface area contributed by atoms with Crippen molar-refractivity contribution in [2.24, 2.45) is 0 Å². The van der Waals surface area contributed by atoms with Gasteiger partial charge in [-0.1, -0.05) is 53.8 Å². The Kier molecular flexibility index (Phi) is 1.80. The maximum absolute atomic E-state index is 2.69. The van der Waals surface area contributed by atoms with Gasteiger partial charge < -0.3 is 0 Å². The summed E-state index contributed by atoms with van der Waals surface area (Å²) in [5, 5.41) is 0. The van der Waals surface area contributed by atoms with E-state index >= 15 is 0 Å². The second-order valence-corrected chi connectivity index (χ2v) is 7.14. The molecule has 1 heteroatoms. The molecule has 0 unspecified atom stereocenters. The van der Waals surface area contributed by atoms with Gasteiger partial charge in [0, 0.05) is 3.42 Å². The normalized spacial score (nSPS) is 39.6. The lowest BCUT2D eigenvalue weighted by Gasteiger charge is -2.50. The molecule has 1 saturated carbocycles. The monoisotopic (exact) mass is 298 g/mol. The lowest BCUT2D eigenvalue weighted by molar-refractivity contribution is 0.247. The molecule has 1 aromatic rings. The number of alkyl halides is 1. The highest BCUT2D eigenvalue weighted by Crippen LogP contribution is 2.59. The average molecular weight is 298 g/mol. The van der Waals surface area contributed by atoms with Gasteiger partial charge in [0.05, 0.1) is 0 Å². The highest BCUT2D eigenvalue weighted by molar-refractivity contribution is 14.1. The van der Waals surface area contributed by atoms with E-state index in [1.807, 2.05) is 0 Å². The third-order valence-corrected chi connectivity index (χ3v) is 5.87. The first kappa shape index (κ1) is 9.20. The van der Waals surface area contributed by atoms with Crippen LogP contribution in [0.15, 0.2) is 24.3 Å². The molecule has 0 saturated heterocycles. The number of halogens is 1. The Morgan fingerprint density at radius 2 is 1.57 bits per heavy atom. The summed E-state index contributed by atoms with van der Waals surface area (Å²) in [7, 11) is 0. The Hall–Kier alpha value is -0.0500. The van der Waals surface area contributed by atoms with Crippen LogP contribution in [0.5, 0.6) is 0 Å². The second-order valence-electron chi connectivity index (χ2n) is 5.07. The lowest BCUT2D eigenvalue weighted by Crippen LogP contribution is -2.42. The zero-order valence-electron chi connectivity index (χ0n) is 8.52. The maximum Gasteiger partial charge on any atom is 0.0473 e. The van der Waals surface area contributed by atoms with Gasteiger partial charge in [-0.25, -0.2) is 0 Å². The molecule has 14 heavy (non-hydrogen) atoms. The first-order valence-electron chi connectivity index (χ1n) is 5.43. The molecule has 3 aliphatic carbocycles. The Morgan fingerprint density at radius 3 is 2.14 bits per heavy atom. The Labute approximate surface area is 99.2 Å². The first-order chi connectivity index (χ1) is 6.64. The fraction of sp³-hybridized carbons (Fsp3) is 0.538. The molecule has 0 spiro atoms. The van der Waals surface area contributed by atoms with Crippen LogP contribution in [0.2, 0.25) is 0 Å². The van der Waals surface area contributed by atoms with Crippen LogP contribution in [0.1, 0.15) is 43.7 Å². The minimum absolute atomic E-state index is 0.464. The van der Waals surface area contributed by atoms with E-state index in [0.717, 1.165) is 0 Å². The van der Waals surface area contributed by atoms with Crippen LogP contribution in [0.4, 0.5) is 0 Å². The smallest absolute Gasteiger partial charge is 0.0473 e. The molecule has 4 rings (SSSR count). The molecular formula is C13H15I. The van der Waals surface area contributed by atoms with Gasteiger partial charge in [0.25, 0.3) is 0 Å². The standard InChI is InChI=1S/C13H15I/c1-12-6-8-13(14,9-7-12)11-5-3-2-4-10(11)12/h2-5H,6-9H2,1H3. The van der Waals surface area contributed by atoms with Crippen molar-refractivity contribution in [1.82, 2.24) is 0 Å². The van der Waals surface area contributed by atoms with Gasteiger partial charge in [-0.3, -0.25) is 0 Å². The molecule has 0 aliphatic heterocycles. The third-order valence-electron chi connectivity index (χ3n) is 4.21. The van der Waals surface area contributed by atoms with Crippen molar-refractivity contribution in [3.8, 4) is 0 Å². The van der Waals surface area contributed by atoms with Gasteiger partial charge in [-0.15, -0.1) is 0 Å². The van der Waals surface area contributed by atoms with Crippen molar-refractivity contribution >= 4 is 22.6 Å². The average Bonchev–Trinajstić information content (AvgIpc) is 2.22. The van der Waals surface area contributed by atoms with E-state index in [9.17, 15) is 0 Å². The van der Waals surface area contributed by atoms with Crippen LogP contribution in [0, 0.1) is 0 Å². The predicted molar refractivity (Wildman–Crippen MR) is 68.0 cm³/mol. The molecule has 3 aliphatic rings. The molecule has 0 aromatic heterocycles. The van der Waals surface area contributed by atoms with Crippen LogP contribution in [0.25, 0.3) is 0 Å². The zero-order valence-corrected chi connectivity index (χ0v) is 10.7. The van der Waals surface area contributed by atoms with Crippen LogP contribution >= 0.6 is 22.6 Å². The van der Waals surface area contributed by atoms with E-state index in [1.54, 1.807) is 11.1 Å². The van der Waals surface area contributed by atoms with Gasteiger partial charge in [0.2, 0.25) is 0 Å². The summed E-state index contributed by atoms with van der Waals surface area (Å²) in [6, 6.07) is 9.09. The summed E-state index contributed by atoms with van der Waals surface area (Å²) >= 11 is 2.69. The molecule has 74 valence electrons. The van der Waals surface area contributed by atoms with Gasteiger partial charge >= 0.3 is 0 Å². The van der Waals surface area contributed by atoms with Gasteiger partial charge in [-0.2, -0.15) is 0 Å². The molecule has 1 aromatic carbocycles. The lowest BCUT2D eigenvalue weighted by atomic mass is 9.59. The van der Waals surface area contributed by atoms with Crippen molar-refractivity contribution in [2.75, 3.05) is 0 Å². The van der Waals surface area contributed by atoms with E-state index in [-0.39, 0.29) is 0 Å². The molecule has 0 N–H and O–H groups in total. The number of fused-ring (bicyclic) bond motifs is 2. The van der Waals surface area contributed by atoms with Crippen LogP contribution in [-0.4, -0.2) is 0 Å². The molecule has 0 atom stereocenters. The van der Waals surface area contributed by atoms with Gasteiger partial charge in [0.15, 0.2) is 0 Å². The second kappa shape index (κ2) is 2.75. The van der Waals surface area contributed by atoms with E-state index in [2.05, 4.69) is 53.8 Å². The van der Waals surface area contributed by atoms with Crippen molar-refractivity contribution in [3.05, 3.63) is 35.4 Å². The minimum atomic E-state index is 0.464. The largest absolute Gasteiger partial charge is 0.0736 e. The van der Waals surface area contributed by atoms with Crippen LogP contribution in [0.3, 0.4) is 0 Å². The van der Waals surface area contributed by atoms with Gasteiger partial charge in [-0.05, 0) is 42.2 Å². The van der Waals surface area contributed by atoms with Crippen molar-refractivity contribution in [2.45, 2.75) is 41.4 Å². The fourth-order valence-corrected chi connectivity index (χ4v) is 4.15. The van der Waals surface area contributed by atoms with Crippen LogP contribution < -0.4 is 0 Å². The zero-order chi connectivity index (χ0) is 9.81. The number of rotatable bonds is 0. The number of hydrogen-bond donors (Lipinski definition) is 0. The van der Waals surface area contributed by atoms with E-state index in [1.165, 1.54) is 25.7 Å². The number of benzene rings is 1. The van der Waals surface area contributed by atoms with E-state index in [4.69, 9.17) is 0 Å². The fourth-order valence-electron chi connectivity index (χ4n) is 3.14. The van der Waals surface area contributed by atoms with E-state index < -0.39 is 0 Å². The maximum atomic E-state index is 2.69.